The summed E-state index contributed by atoms with van der Waals surface area (Å²) in [7, 11) is -3.22. The van der Waals surface area contributed by atoms with Crippen molar-refractivity contribution >= 4 is 15.5 Å². The third kappa shape index (κ3) is 1.68. The van der Waals surface area contributed by atoms with Gasteiger partial charge in [0.2, 0.25) is 0 Å². The minimum Gasteiger partial charge on any atom is -0.398 e. The van der Waals surface area contributed by atoms with Gasteiger partial charge in [0.25, 0.3) is 0 Å². The summed E-state index contributed by atoms with van der Waals surface area (Å²) in [5.74, 6) is 0. The number of rotatable bonds is 1. The molecule has 1 rings (SSSR count). The van der Waals surface area contributed by atoms with Crippen molar-refractivity contribution in [2.24, 2.45) is 0 Å². The number of aromatic nitrogens is 1. The summed E-state index contributed by atoms with van der Waals surface area (Å²) in [5.41, 5.74) is 5.63. The Morgan fingerprint density at radius 3 is 2.55 bits per heavy atom. The smallest absolute Gasteiger partial charge is 0.179 e. The molecule has 1 aromatic heterocycles. The SMILES string of the molecule is CS(=O)(=O)c1cnccc1N. The summed E-state index contributed by atoms with van der Waals surface area (Å²) < 4.78 is 21.9. The predicted octanol–water partition coefficient (Wildman–Crippen LogP) is 0.0673. The second-order valence-corrected chi connectivity index (χ2v) is 4.17. The highest BCUT2D eigenvalue weighted by molar-refractivity contribution is 7.90. The molecular weight excluding hydrogens is 164 g/mol. The first-order valence-electron chi connectivity index (χ1n) is 2.91. The highest BCUT2D eigenvalue weighted by Gasteiger charge is 2.09. The molecule has 0 unspecified atom stereocenters. The van der Waals surface area contributed by atoms with E-state index >= 15 is 0 Å². The quantitative estimate of drug-likeness (QED) is 0.650. The fraction of sp³-hybridized carbons (Fsp3) is 0.167. The lowest BCUT2D eigenvalue weighted by molar-refractivity contribution is 0.602. The normalized spacial score (nSPS) is 11.4. The van der Waals surface area contributed by atoms with E-state index in [0.29, 0.717) is 0 Å². The average molecular weight is 172 g/mol. The van der Waals surface area contributed by atoms with Gasteiger partial charge in [-0.15, -0.1) is 0 Å². The largest absolute Gasteiger partial charge is 0.398 e. The number of pyridine rings is 1. The van der Waals surface area contributed by atoms with Gasteiger partial charge in [0.1, 0.15) is 4.90 Å². The number of nitrogen functional groups attached to an aromatic ring is 1. The Hall–Kier alpha value is -1.10. The van der Waals surface area contributed by atoms with E-state index in [-0.39, 0.29) is 10.6 Å². The molecule has 0 amide bonds. The highest BCUT2D eigenvalue weighted by Crippen LogP contribution is 2.14. The second kappa shape index (κ2) is 2.50. The molecular formula is C6H8N2O2S. The van der Waals surface area contributed by atoms with Crippen LogP contribution in [0.1, 0.15) is 0 Å². The molecule has 0 spiro atoms. The van der Waals surface area contributed by atoms with Crippen LogP contribution in [-0.4, -0.2) is 19.7 Å². The third-order valence-corrected chi connectivity index (χ3v) is 2.36. The van der Waals surface area contributed by atoms with E-state index in [0.717, 1.165) is 6.26 Å². The van der Waals surface area contributed by atoms with Crippen LogP contribution in [0.3, 0.4) is 0 Å². The Morgan fingerprint density at radius 2 is 2.18 bits per heavy atom. The third-order valence-electron chi connectivity index (χ3n) is 1.22. The summed E-state index contributed by atoms with van der Waals surface area (Å²) in [6, 6.07) is 1.45. The average Bonchev–Trinajstić information content (AvgIpc) is 1.86. The van der Waals surface area contributed by atoms with Crippen molar-refractivity contribution in [2.45, 2.75) is 4.90 Å². The molecule has 1 heterocycles. The number of hydrogen-bond donors (Lipinski definition) is 1. The van der Waals surface area contributed by atoms with Crippen LogP contribution >= 0.6 is 0 Å². The Kier molecular flexibility index (Phi) is 1.82. The van der Waals surface area contributed by atoms with E-state index in [1.54, 1.807) is 0 Å². The van der Waals surface area contributed by atoms with E-state index in [9.17, 15) is 8.42 Å². The zero-order valence-electron chi connectivity index (χ0n) is 5.98. The summed E-state index contributed by atoms with van der Waals surface area (Å²) in [5, 5.41) is 0. The summed E-state index contributed by atoms with van der Waals surface area (Å²) in [6.07, 6.45) is 3.79. The Balaban J connectivity index is 3.37. The Labute approximate surface area is 65.0 Å². The minimum atomic E-state index is -3.22. The minimum absolute atomic E-state index is 0.0833. The predicted molar refractivity (Wildman–Crippen MR) is 41.8 cm³/mol. The van der Waals surface area contributed by atoms with Crippen molar-refractivity contribution in [2.75, 3.05) is 12.0 Å². The summed E-state index contributed by atoms with van der Waals surface area (Å²) in [4.78, 5) is 3.74. The van der Waals surface area contributed by atoms with Crippen molar-refractivity contribution < 1.29 is 8.42 Å². The molecule has 4 nitrogen and oxygen atoms in total. The van der Waals surface area contributed by atoms with E-state index in [4.69, 9.17) is 5.73 Å². The molecule has 0 atom stereocenters. The van der Waals surface area contributed by atoms with Gasteiger partial charge in [-0.2, -0.15) is 0 Å². The van der Waals surface area contributed by atoms with Crippen LogP contribution < -0.4 is 5.73 Å². The maximum absolute atomic E-state index is 10.9. The Bertz CT molecular complexity index is 359. The van der Waals surface area contributed by atoms with E-state index < -0.39 is 9.84 Å². The summed E-state index contributed by atoms with van der Waals surface area (Å²) >= 11 is 0. The van der Waals surface area contributed by atoms with E-state index in [1.807, 2.05) is 0 Å². The Morgan fingerprint density at radius 1 is 1.55 bits per heavy atom. The van der Waals surface area contributed by atoms with Gasteiger partial charge < -0.3 is 5.73 Å². The molecule has 2 N–H and O–H groups in total. The molecule has 0 aliphatic heterocycles. The van der Waals surface area contributed by atoms with Crippen LogP contribution in [0.5, 0.6) is 0 Å². The van der Waals surface area contributed by atoms with E-state index in [2.05, 4.69) is 4.98 Å². The molecule has 0 radical (unpaired) electrons. The molecule has 60 valence electrons. The van der Waals surface area contributed by atoms with Crippen molar-refractivity contribution in [3.05, 3.63) is 18.5 Å². The van der Waals surface area contributed by atoms with Gasteiger partial charge in [0.05, 0.1) is 5.69 Å². The molecule has 0 saturated heterocycles. The van der Waals surface area contributed by atoms with Gasteiger partial charge in [-0.3, -0.25) is 4.98 Å². The molecule has 5 heteroatoms. The van der Waals surface area contributed by atoms with Gasteiger partial charge in [0, 0.05) is 18.6 Å². The maximum atomic E-state index is 10.9. The molecule has 11 heavy (non-hydrogen) atoms. The zero-order chi connectivity index (χ0) is 8.48. The van der Waals surface area contributed by atoms with Crippen molar-refractivity contribution in [1.29, 1.82) is 0 Å². The van der Waals surface area contributed by atoms with E-state index in [1.165, 1.54) is 18.5 Å². The number of sulfone groups is 1. The molecule has 0 fully saturated rings. The number of anilines is 1. The first kappa shape index (κ1) is 8.00. The maximum Gasteiger partial charge on any atom is 0.179 e. The lowest BCUT2D eigenvalue weighted by Gasteiger charge is -1.99. The van der Waals surface area contributed by atoms with Crippen molar-refractivity contribution in [3.8, 4) is 0 Å². The topological polar surface area (TPSA) is 73.0 Å². The first-order valence-corrected chi connectivity index (χ1v) is 4.80. The van der Waals surface area contributed by atoms with Gasteiger partial charge in [-0.1, -0.05) is 0 Å². The monoisotopic (exact) mass is 172 g/mol. The van der Waals surface area contributed by atoms with Crippen LogP contribution in [-0.2, 0) is 9.84 Å². The van der Waals surface area contributed by atoms with Crippen molar-refractivity contribution in [1.82, 2.24) is 4.98 Å². The van der Waals surface area contributed by atoms with Gasteiger partial charge >= 0.3 is 0 Å². The van der Waals surface area contributed by atoms with Crippen LogP contribution in [0, 0.1) is 0 Å². The van der Waals surface area contributed by atoms with Crippen LogP contribution in [0.4, 0.5) is 5.69 Å². The summed E-state index contributed by atoms with van der Waals surface area (Å²) in [6.45, 7) is 0. The molecule has 0 aromatic carbocycles. The molecule has 1 aromatic rings. The van der Waals surface area contributed by atoms with Crippen LogP contribution in [0.15, 0.2) is 23.4 Å². The fourth-order valence-corrected chi connectivity index (χ4v) is 1.45. The highest BCUT2D eigenvalue weighted by atomic mass is 32.2. The van der Waals surface area contributed by atoms with Gasteiger partial charge in [0.15, 0.2) is 9.84 Å². The lowest BCUT2D eigenvalue weighted by atomic mass is 10.4. The second-order valence-electron chi connectivity index (χ2n) is 2.19. The first-order chi connectivity index (χ1) is 5.02. The molecule has 0 saturated carbocycles. The fourth-order valence-electron chi connectivity index (χ4n) is 0.701. The molecule has 0 bridgehead atoms. The molecule has 0 aliphatic carbocycles. The number of nitrogens with zero attached hydrogens (tertiary/aromatic N) is 1. The lowest BCUT2D eigenvalue weighted by Crippen LogP contribution is -2.02. The van der Waals surface area contributed by atoms with Crippen LogP contribution in [0.2, 0.25) is 0 Å². The van der Waals surface area contributed by atoms with Gasteiger partial charge in [-0.25, -0.2) is 8.42 Å². The number of hydrogen-bond acceptors (Lipinski definition) is 4. The zero-order valence-corrected chi connectivity index (χ0v) is 6.80. The van der Waals surface area contributed by atoms with Crippen molar-refractivity contribution in [3.63, 3.8) is 0 Å². The van der Waals surface area contributed by atoms with Gasteiger partial charge in [-0.05, 0) is 6.07 Å². The molecule has 0 aliphatic rings. The number of nitrogens with two attached hydrogens (primary N) is 1. The standard InChI is InChI=1S/C6H8N2O2S/c1-11(9,10)6-4-8-3-2-5(6)7/h2-4H,1H3,(H2,7,8). The van der Waals surface area contributed by atoms with Crippen LogP contribution in [0.25, 0.3) is 0 Å².